The Morgan fingerprint density at radius 2 is 1.73 bits per heavy atom. The summed E-state index contributed by atoms with van der Waals surface area (Å²) < 4.78 is 18.2. The molecular formula is C30H31N5O4S. The Kier molecular flexibility index (Phi) is 7.97. The monoisotopic (exact) mass is 557 g/mol. The minimum atomic E-state index is -0.625. The Labute approximate surface area is 237 Å². The number of methoxy groups -OCH3 is 3. The average molecular weight is 558 g/mol. The van der Waals surface area contributed by atoms with E-state index in [2.05, 4.69) is 35.8 Å². The molecule has 3 aromatic carbocycles. The van der Waals surface area contributed by atoms with Gasteiger partial charge in [-0.3, -0.25) is 4.79 Å². The summed E-state index contributed by atoms with van der Waals surface area (Å²) in [6.07, 6.45) is 0. The van der Waals surface area contributed by atoms with Gasteiger partial charge in [0, 0.05) is 22.7 Å². The van der Waals surface area contributed by atoms with Crippen LogP contribution in [0.15, 0.2) is 83.2 Å². The van der Waals surface area contributed by atoms with E-state index in [9.17, 15) is 4.79 Å². The number of anilines is 2. The van der Waals surface area contributed by atoms with Crippen LogP contribution in [0.25, 0.3) is 0 Å². The number of nitrogens with one attached hydrogen (secondary N) is 2. The zero-order valence-corrected chi connectivity index (χ0v) is 23.8. The van der Waals surface area contributed by atoms with Crippen LogP contribution in [-0.2, 0) is 10.5 Å². The van der Waals surface area contributed by atoms with Gasteiger partial charge in [0.2, 0.25) is 11.1 Å². The predicted octanol–water partition coefficient (Wildman–Crippen LogP) is 5.83. The first-order valence-electron chi connectivity index (χ1n) is 12.7. The standard InChI is InChI=1S/C30H31N5O4S/c1-18-7-6-8-20(15-18)17-40-30-33-29-31-19(2)26(28(36)32-21-9-11-22(37-3)12-10-21)27(35(29)34-30)24-16-23(38-4)13-14-25(24)39-5/h6-16,27H,17H2,1-5H3,(H,32,36)(H,31,33,34). The number of amides is 1. The number of fused-ring (bicyclic) bond motifs is 1. The van der Waals surface area contributed by atoms with E-state index in [4.69, 9.17) is 24.3 Å². The molecule has 0 bridgehead atoms. The van der Waals surface area contributed by atoms with E-state index in [1.165, 1.54) is 22.9 Å². The molecule has 4 aromatic rings. The van der Waals surface area contributed by atoms with Crippen molar-refractivity contribution in [3.8, 4) is 17.2 Å². The molecule has 2 heterocycles. The quantitative estimate of drug-likeness (QED) is 0.248. The molecule has 1 aliphatic heterocycles. The van der Waals surface area contributed by atoms with Gasteiger partial charge in [0.15, 0.2) is 0 Å². The Morgan fingerprint density at radius 3 is 2.42 bits per heavy atom. The maximum Gasteiger partial charge on any atom is 0.255 e. The van der Waals surface area contributed by atoms with Gasteiger partial charge < -0.3 is 24.8 Å². The van der Waals surface area contributed by atoms with E-state index in [1.807, 2.05) is 31.2 Å². The van der Waals surface area contributed by atoms with Gasteiger partial charge >= 0.3 is 0 Å². The molecule has 5 rings (SSSR count). The van der Waals surface area contributed by atoms with Gasteiger partial charge in [-0.2, -0.15) is 4.98 Å². The van der Waals surface area contributed by atoms with Crippen molar-refractivity contribution in [3.05, 3.63) is 94.7 Å². The lowest BCUT2D eigenvalue weighted by Gasteiger charge is -2.29. The molecule has 0 saturated carbocycles. The third kappa shape index (κ3) is 5.62. The number of allylic oxidation sites excluding steroid dienone is 1. The Bertz CT molecular complexity index is 1560. The van der Waals surface area contributed by atoms with Crippen LogP contribution in [0.4, 0.5) is 11.6 Å². The van der Waals surface area contributed by atoms with Crippen LogP contribution in [0.3, 0.4) is 0 Å². The summed E-state index contributed by atoms with van der Waals surface area (Å²) in [4.78, 5) is 18.6. The molecule has 206 valence electrons. The minimum Gasteiger partial charge on any atom is -0.497 e. The fourth-order valence-corrected chi connectivity index (χ4v) is 5.42. The van der Waals surface area contributed by atoms with Crippen molar-refractivity contribution in [1.82, 2.24) is 14.8 Å². The van der Waals surface area contributed by atoms with Crippen LogP contribution in [0, 0.1) is 6.92 Å². The normalized spacial score (nSPS) is 14.3. The second-order valence-electron chi connectivity index (χ2n) is 9.30. The summed E-state index contributed by atoms with van der Waals surface area (Å²) in [5, 5.41) is 11.8. The number of rotatable bonds is 9. The SMILES string of the molecule is COc1ccc(NC(=O)C2=C(C)Nc3nc(SCc4cccc(C)c4)nn3C2c2cc(OC)ccc2OC)cc1. The number of aryl methyl sites for hydroxylation is 1. The zero-order chi connectivity index (χ0) is 28.2. The van der Waals surface area contributed by atoms with Crippen molar-refractivity contribution in [3.63, 3.8) is 0 Å². The van der Waals surface area contributed by atoms with Crippen LogP contribution in [-0.4, -0.2) is 42.0 Å². The molecule has 0 aliphatic carbocycles. The lowest BCUT2D eigenvalue weighted by molar-refractivity contribution is -0.113. The van der Waals surface area contributed by atoms with Crippen LogP contribution in [0.5, 0.6) is 17.2 Å². The van der Waals surface area contributed by atoms with Crippen LogP contribution < -0.4 is 24.8 Å². The molecule has 1 aromatic heterocycles. The van der Waals surface area contributed by atoms with Crippen molar-refractivity contribution in [1.29, 1.82) is 0 Å². The third-order valence-electron chi connectivity index (χ3n) is 6.61. The van der Waals surface area contributed by atoms with Crippen molar-refractivity contribution in [2.24, 2.45) is 0 Å². The van der Waals surface area contributed by atoms with E-state index in [0.717, 1.165) is 11.3 Å². The van der Waals surface area contributed by atoms with E-state index < -0.39 is 6.04 Å². The maximum absolute atomic E-state index is 13.9. The molecule has 0 radical (unpaired) electrons. The maximum atomic E-state index is 13.9. The van der Waals surface area contributed by atoms with Crippen molar-refractivity contribution < 1.29 is 19.0 Å². The number of hydrogen-bond acceptors (Lipinski definition) is 8. The summed E-state index contributed by atoms with van der Waals surface area (Å²) in [5.74, 6) is 2.92. The molecule has 1 aliphatic rings. The van der Waals surface area contributed by atoms with Crippen LogP contribution >= 0.6 is 11.8 Å². The summed E-state index contributed by atoms with van der Waals surface area (Å²) in [6, 6.07) is 20.4. The molecule has 1 unspecified atom stereocenters. The van der Waals surface area contributed by atoms with Gasteiger partial charge in [0.05, 0.1) is 26.9 Å². The molecule has 0 spiro atoms. The van der Waals surface area contributed by atoms with E-state index >= 15 is 0 Å². The number of hydrogen-bond donors (Lipinski definition) is 2. The van der Waals surface area contributed by atoms with E-state index in [0.29, 0.717) is 45.3 Å². The Balaban J connectivity index is 1.54. The van der Waals surface area contributed by atoms with E-state index in [-0.39, 0.29) is 5.91 Å². The number of aromatic nitrogens is 3. The van der Waals surface area contributed by atoms with E-state index in [1.54, 1.807) is 50.3 Å². The molecule has 0 saturated heterocycles. The molecule has 0 fully saturated rings. The lowest BCUT2D eigenvalue weighted by atomic mass is 9.94. The molecule has 40 heavy (non-hydrogen) atoms. The highest BCUT2D eigenvalue weighted by molar-refractivity contribution is 7.98. The molecule has 1 amide bonds. The fourth-order valence-electron chi connectivity index (χ4n) is 4.65. The first-order chi connectivity index (χ1) is 19.4. The molecule has 2 N–H and O–H groups in total. The third-order valence-corrected chi connectivity index (χ3v) is 7.52. The Hall–Kier alpha value is -4.44. The Morgan fingerprint density at radius 1 is 0.975 bits per heavy atom. The van der Waals surface area contributed by atoms with Gasteiger partial charge in [-0.15, -0.1) is 5.10 Å². The second-order valence-corrected chi connectivity index (χ2v) is 10.2. The predicted molar refractivity (Wildman–Crippen MR) is 156 cm³/mol. The number of carbonyl (C=O) groups excluding carboxylic acids is 1. The van der Waals surface area contributed by atoms with Crippen molar-refractivity contribution >= 4 is 29.3 Å². The number of ether oxygens (including phenoxy) is 3. The summed E-state index contributed by atoms with van der Waals surface area (Å²) in [7, 11) is 4.81. The van der Waals surface area contributed by atoms with Gasteiger partial charge in [-0.1, -0.05) is 41.6 Å². The van der Waals surface area contributed by atoms with Crippen LogP contribution in [0.1, 0.15) is 29.7 Å². The van der Waals surface area contributed by atoms with Gasteiger partial charge in [-0.05, 0) is 61.9 Å². The molecule has 1 atom stereocenters. The van der Waals surface area contributed by atoms with Gasteiger partial charge in [0.25, 0.3) is 5.91 Å². The van der Waals surface area contributed by atoms with Gasteiger partial charge in [0.1, 0.15) is 23.3 Å². The summed E-state index contributed by atoms with van der Waals surface area (Å²) in [6.45, 7) is 3.94. The molecular weight excluding hydrogens is 526 g/mol. The van der Waals surface area contributed by atoms with Gasteiger partial charge in [-0.25, -0.2) is 4.68 Å². The zero-order valence-electron chi connectivity index (χ0n) is 23.0. The highest BCUT2D eigenvalue weighted by Gasteiger charge is 2.36. The van der Waals surface area contributed by atoms with Crippen molar-refractivity contribution in [2.45, 2.75) is 30.8 Å². The van der Waals surface area contributed by atoms with Crippen LogP contribution in [0.2, 0.25) is 0 Å². The fraction of sp³-hybridized carbons (Fsp3) is 0.233. The summed E-state index contributed by atoms with van der Waals surface area (Å²) in [5.41, 5.74) is 4.90. The number of benzene rings is 3. The summed E-state index contributed by atoms with van der Waals surface area (Å²) >= 11 is 1.54. The first-order valence-corrected chi connectivity index (χ1v) is 13.7. The largest absolute Gasteiger partial charge is 0.497 e. The number of carbonyl (C=O) groups is 1. The lowest BCUT2D eigenvalue weighted by Crippen LogP contribution is -2.31. The average Bonchev–Trinajstić information content (AvgIpc) is 3.37. The topological polar surface area (TPSA) is 99.5 Å². The number of nitrogens with zero attached hydrogens (tertiary/aromatic N) is 3. The number of thioether (sulfide) groups is 1. The minimum absolute atomic E-state index is 0.278. The highest BCUT2D eigenvalue weighted by Crippen LogP contribution is 2.41. The second kappa shape index (κ2) is 11.7. The van der Waals surface area contributed by atoms with Crippen molar-refractivity contribution in [2.75, 3.05) is 32.0 Å². The smallest absolute Gasteiger partial charge is 0.255 e. The molecule has 9 nitrogen and oxygen atoms in total. The molecule has 10 heteroatoms. The highest BCUT2D eigenvalue weighted by atomic mass is 32.2. The first kappa shape index (κ1) is 27.1.